The SMILES string of the molecule is O=c1c2ccc(Cl)cc2ncn1CC[C@@H]1CCCCN1C1CCCC1. The second-order valence-electron chi connectivity index (χ2n) is 7.52. The zero-order valence-electron chi connectivity index (χ0n) is 14.7. The molecule has 1 saturated carbocycles. The lowest BCUT2D eigenvalue weighted by Crippen LogP contribution is -2.45. The van der Waals surface area contributed by atoms with E-state index in [1.807, 2.05) is 0 Å². The molecular weight excluding hydrogens is 334 g/mol. The van der Waals surface area contributed by atoms with Crippen molar-refractivity contribution in [2.45, 2.75) is 70.0 Å². The van der Waals surface area contributed by atoms with Crippen molar-refractivity contribution < 1.29 is 0 Å². The van der Waals surface area contributed by atoms with E-state index >= 15 is 0 Å². The topological polar surface area (TPSA) is 38.1 Å². The number of nitrogens with zero attached hydrogens (tertiary/aromatic N) is 3. The quantitative estimate of drug-likeness (QED) is 0.819. The highest BCUT2D eigenvalue weighted by Gasteiger charge is 2.30. The summed E-state index contributed by atoms with van der Waals surface area (Å²) in [7, 11) is 0. The molecule has 1 aliphatic heterocycles. The van der Waals surface area contributed by atoms with E-state index in [-0.39, 0.29) is 5.56 Å². The Balaban J connectivity index is 1.50. The number of aryl methyl sites for hydroxylation is 1. The first kappa shape index (κ1) is 17.0. The lowest BCUT2D eigenvalue weighted by atomic mass is 9.96. The molecule has 1 saturated heterocycles. The Morgan fingerprint density at radius 2 is 1.92 bits per heavy atom. The summed E-state index contributed by atoms with van der Waals surface area (Å²) in [6.07, 6.45) is 12.1. The van der Waals surface area contributed by atoms with Gasteiger partial charge in [0.25, 0.3) is 5.56 Å². The van der Waals surface area contributed by atoms with Gasteiger partial charge in [0.2, 0.25) is 0 Å². The molecule has 134 valence electrons. The molecule has 1 aromatic heterocycles. The molecule has 0 radical (unpaired) electrons. The minimum absolute atomic E-state index is 0.0462. The van der Waals surface area contributed by atoms with Gasteiger partial charge in [-0.3, -0.25) is 14.3 Å². The predicted molar refractivity (Wildman–Crippen MR) is 102 cm³/mol. The lowest BCUT2D eigenvalue weighted by Gasteiger charge is -2.40. The molecule has 0 N–H and O–H groups in total. The maximum atomic E-state index is 12.7. The molecule has 1 atom stereocenters. The van der Waals surface area contributed by atoms with E-state index in [0.29, 0.717) is 22.0 Å². The molecule has 0 amide bonds. The van der Waals surface area contributed by atoms with Gasteiger partial charge in [-0.1, -0.05) is 30.9 Å². The Hall–Kier alpha value is -1.39. The third kappa shape index (κ3) is 3.61. The Bertz CT molecular complexity index is 797. The highest BCUT2D eigenvalue weighted by molar-refractivity contribution is 6.31. The van der Waals surface area contributed by atoms with Gasteiger partial charge in [0.15, 0.2) is 0 Å². The molecule has 5 heteroatoms. The number of halogens is 1. The van der Waals surface area contributed by atoms with Crippen molar-refractivity contribution >= 4 is 22.5 Å². The van der Waals surface area contributed by atoms with Crippen molar-refractivity contribution in [3.63, 3.8) is 0 Å². The fraction of sp³-hybridized carbons (Fsp3) is 0.600. The predicted octanol–water partition coefficient (Wildman–Crippen LogP) is 4.24. The normalized spacial score (nSPS) is 22.7. The lowest BCUT2D eigenvalue weighted by molar-refractivity contribution is 0.0880. The van der Waals surface area contributed by atoms with Gasteiger partial charge >= 0.3 is 0 Å². The van der Waals surface area contributed by atoms with Gasteiger partial charge in [-0.15, -0.1) is 0 Å². The molecular formula is C20H26ClN3O. The van der Waals surface area contributed by atoms with E-state index < -0.39 is 0 Å². The average molecular weight is 360 g/mol. The molecule has 25 heavy (non-hydrogen) atoms. The average Bonchev–Trinajstić information content (AvgIpc) is 3.16. The number of fused-ring (bicyclic) bond motifs is 1. The highest BCUT2D eigenvalue weighted by Crippen LogP contribution is 2.30. The summed E-state index contributed by atoms with van der Waals surface area (Å²) in [6.45, 7) is 1.98. The van der Waals surface area contributed by atoms with Gasteiger partial charge < -0.3 is 0 Å². The molecule has 0 bridgehead atoms. The minimum Gasteiger partial charge on any atom is -0.299 e. The van der Waals surface area contributed by atoms with E-state index in [9.17, 15) is 4.79 Å². The van der Waals surface area contributed by atoms with Crippen LogP contribution in [0.3, 0.4) is 0 Å². The summed E-state index contributed by atoms with van der Waals surface area (Å²) >= 11 is 6.00. The van der Waals surface area contributed by atoms with Gasteiger partial charge in [-0.2, -0.15) is 0 Å². The number of likely N-dealkylation sites (tertiary alicyclic amines) is 1. The number of benzene rings is 1. The van der Waals surface area contributed by atoms with Crippen LogP contribution in [0.25, 0.3) is 10.9 Å². The monoisotopic (exact) mass is 359 g/mol. The number of piperidine rings is 1. The first-order chi connectivity index (χ1) is 12.2. The Kier molecular flexibility index (Phi) is 5.09. The van der Waals surface area contributed by atoms with E-state index in [1.165, 1.54) is 51.5 Å². The third-order valence-electron chi connectivity index (χ3n) is 5.96. The first-order valence-electron chi connectivity index (χ1n) is 9.63. The summed E-state index contributed by atoms with van der Waals surface area (Å²) in [5.74, 6) is 0. The minimum atomic E-state index is 0.0462. The van der Waals surface area contributed by atoms with Crippen LogP contribution in [0, 0.1) is 0 Å². The number of hydrogen-bond acceptors (Lipinski definition) is 3. The number of rotatable bonds is 4. The molecule has 4 rings (SSSR count). The van der Waals surface area contributed by atoms with Crippen molar-refractivity contribution in [3.8, 4) is 0 Å². The molecule has 4 nitrogen and oxygen atoms in total. The van der Waals surface area contributed by atoms with Crippen molar-refractivity contribution in [2.75, 3.05) is 6.54 Å². The number of hydrogen-bond donors (Lipinski definition) is 0. The fourth-order valence-corrected chi connectivity index (χ4v) is 4.79. The van der Waals surface area contributed by atoms with Crippen LogP contribution in [0.5, 0.6) is 0 Å². The van der Waals surface area contributed by atoms with Crippen LogP contribution in [-0.2, 0) is 6.54 Å². The van der Waals surface area contributed by atoms with E-state index in [4.69, 9.17) is 11.6 Å². The maximum absolute atomic E-state index is 12.7. The van der Waals surface area contributed by atoms with Crippen molar-refractivity contribution in [3.05, 3.63) is 39.9 Å². The molecule has 0 unspecified atom stereocenters. The van der Waals surface area contributed by atoms with Crippen molar-refractivity contribution in [2.24, 2.45) is 0 Å². The zero-order valence-corrected chi connectivity index (χ0v) is 15.4. The van der Waals surface area contributed by atoms with Crippen LogP contribution < -0.4 is 5.56 Å². The van der Waals surface area contributed by atoms with Crippen LogP contribution >= 0.6 is 11.6 Å². The zero-order chi connectivity index (χ0) is 17.2. The molecule has 2 aliphatic rings. The summed E-state index contributed by atoms with van der Waals surface area (Å²) in [5.41, 5.74) is 0.726. The van der Waals surface area contributed by atoms with E-state index in [2.05, 4.69) is 9.88 Å². The summed E-state index contributed by atoms with van der Waals surface area (Å²) < 4.78 is 1.78. The highest BCUT2D eigenvalue weighted by atomic mass is 35.5. The van der Waals surface area contributed by atoms with Crippen LogP contribution in [0.2, 0.25) is 5.02 Å². The number of aromatic nitrogens is 2. The standard InChI is InChI=1S/C20H26ClN3O/c21-15-8-9-18-19(13-15)22-14-23(20(18)25)12-10-17-7-3-4-11-24(17)16-5-1-2-6-16/h8-9,13-14,16-17H,1-7,10-12H2/t17-/m0/s1. The molecule has 0 spiro atoms. The smallest absolute Gasteiger partial charge is 0.261 e. The molecule has 2 aromatic rings. The van der Waals surface area contributed by atoms with Gasteiger partial charge in [0.1, 0.15) is 0 Å². The molecule has 2 heterocycles. The van der Waals surface area contributed by atoms with Gasteiger partial charge in [0, 0.05) is 23.7 Å². The van der Waals surface area contributed by atoms with Crippen molar-refractivity contribution in [1.82, 2.24) is 14.5 Å². The van der Waals surface area contributed by atoms with Gasteiger partial charge in [-0.05, 0) is 56.8 Å². The molecule has 1 aliphatic carbocycles. The van der Waals surface area contributed by atoms with Crippen LogP contribution in [0.15, 0.2) is 29.3 Å². The largest absolute Gasteiger partial charge is 0.299 e. The van der Waals surface area contributed by atoms with Crippen LogP contribution in [0.4, 0.5) is 0 Å². The van der Waals surface area contributed by atoms with Crippen LogP contribution in [-0.4, -0.2) is 33.1 Å². The summed E-state index contributed by atoms with van der Waals surface area (Å²) in [4.78, 5) is 19.9. The van der Waals surface area contributed by atoms with E-state index in [0.717, 1.165) is 19.0 Å². The summed E-state index contributed by atoms with van der Waals surface area (Å²) in [6, 6.07) is 6.70. The van der Waals surface area contributed by atoms with Gasteiger partial charge in [0.05, 0.1) is 17.2 Å². The van der Waals surface area contributed by atoms with Crippen molar-refractivity contribution in [1.29, 1.82) is 0 Å². The first-order valence-corrected chi connectivity index (χ1v) is 10.0. The maximum Gasteiger partial charge on any atom is 0.261 e. The third-order valence-corrected chi connectivity index (χ3v) is 6.19. The van der Waals surface area contributed by atoms with E-state index in [1.54, 1.807) is 29.1 Å². The second-order valence-corrected chi connectivity index (χ2v) is 7.96. The fourth-order valence-electron chi connectivity index (χ4n) is 4.63. The Morgan fingerprint density at radius 1 is 1.12 bits per heavy atom. The van der Waals surface area contributed by atoms with Crippen LogP contribution in [0.1, 0.15) is 51.4 Å². The molecule has 2 fully saturated rings. The Labute approximate surface area is 153 Å². The second kappa shape index (κ2) is 7.46. The Morgan fingerprint density at radius 3 is 2.76 bits per heavy atom. The summed E-state index contributed by atoms with van der Waals surface area (Å²) in [5, 5.41) is 1.27. The molecule has 1 aromatic carbocycles. The van der Waals surface area contributed by atoms with Gasteiger partial charge in [-0.25, -0.2) is 4.98 Å².